The Morgan fingerprint density at radius 2 is 1.96 bits per heavy atom. The Morgan fingerprint density at radius 1 is 1.19 bits per heavy atom. The molecule has 0 spiro atoms. The lowest BCUT2D eigenvalue weighted by atomic mass is 9.91. The quantitative estimate of drug-likeness (QED) is 0.520. The number of pyridine rings is 1. The molecule has 1 aliphatic heterocycles. The normalized spacial score (nSPS) is 17.2. The molecule has 3 heterocycles. The first-order chi connectivity index (χ1) is 12.7. The number of hydrogen-bond acceptors (Lipinski definition) is 2. The number of fused-ring (bicyclic) bond motifs is 2. The van der Waals surface area contributed by atoms with Gasteiger partial charge in [-0.2, -0.15) is 18.3 Å². The maximum atomic E-state index is 13.8. The SMILES string of the molecule is O=C(c1cc2ccc(Br)cn2n1)N1CCc2cc(F)ccc2C1C(F)(F)F. The highest BCUT2D eigenvalue weighted by atomic mass is 79.9. The minimum atomic E-state index is -4.69. The van der Waals surface area contributed by atoms with E-state index in [0.29, 0.717) is 5.52 Å². The number of amides is 1. The average molecular weight is 442 g/mol. The highest BCUT2D eigenvalue weighted by Crippen LogP contribution is 2.42. The molecule has 2 aromatic heterocycles. The number of alkyl halides is 3. The van der Waals surface area contributed by atoms with Gasteiger partial charge >= 0.3 is 6.18 Å². The molecule has 1 amide bonds. The van der Waals surface area contributed by atoms with Crippen LogP contribution in [0.5, 0.6) is 0 Å². The smallest absolute Gasteiger partial charge is 0.321 e. The largest absolute Gasteiger partial charge is 0.413 e. The molecule has 0 bridgehead atoms. The second-order valence-corrected chi connectivity index (χ2v) is 7.20. The summed E-state index contributed by atoms with van der Waals surface area (Å²) in [6, 6.07) is 5.93. The summed E-state index contributed by atoms with van der Waals surface area (Å²) in [7, 11) is 0. The van der Waals surface area contributed by atoms with E-state index in [9.17, 15) is 22.4 Å². The summed E-state index contributed by atoms with van der Waals surface area (Å²) < 4.78 is 56.9. The molecule has 1 aliphatic rings. The third-order valence-electron chi connectivity index (χ3n) is 4.55. The van der Waals surface area contributed by atoms with Crippen molar-refractivity contribution in [1.82, 2.24) is 14.5 Å². The van der Waals surface area contributed by atoms with Crippen molar-refractivity contribution in [1.29, 1.82) is 0 Å². The lowest BCUT2D eigenvalue weighted by molar-refractivity contribution is -0.181. The predicted molar refractivity (Wildman–Crippen MR) is 92.8 cm³/mol. The van der Waals surface area contributed by atoms with Crippen molar-refractivity contribution in [2.45, 2.75) is 18.6 Å². The molecule has 0 aliphatic carbocycles. The second-order valence-electron chi connectivity index (χ2n) is 6.28. The molecular formula is C18H12BrF4N3O. The minimum Gasteiger partial charge on any atom is -0.321 e. The van der Waals surface area contributed by atoms with E-state index in [2.05, 4.69) is 21.0 Å². The molecular weight excluding hydrogens is 430 g/mol. The van der Waals surface area contributed by atoms with Crippen LogP contribution in [0.25, 0.3) is 5.52 Å². The average Bonchev–Trinajstić information content (AvgIpc) is 3.02. The maximum absolute atomic E-state index is 13.8. The standard InChI is InChI=1S/C18H12BrF4N3O/c19-11-1-3-13-8-15(24-26(13)9-11)17(27)25-6-5-10-7-12(20)2-4-14(10)16(25)18(21,22)23/h1-4,7-9,16H,5-6H2. The Hall–Kier alpha value is -2.42. The molecule has 1 aromatic carbocycles. The zero-order valence-corrected chi connectivity index (χ0v) is 15.3. The molecule has 9 heteroatoms. The van der Waals surface area contributed by atoms with Gasteiger partial charge in [0.15, 0.2) is 11.7 Å². The molecule has 0 fully saturated rings. The number of benzene rings is 1. The van der Waals surface area contributed by atoms with Crippen LogP contribution in [0.15, 0.2) is 47.1 Å². The summed E-state index contributed by atoms with van der Waals surface area (Å²) in [4.78, 5) is 13.6. The summed E-state index contributed by atoms with van der Waals surface area (Å²) in [5.41, 5.74) is 0.674. The van der Waals surface area contributed by atoms with Gasteiger partial charge in [-0.1, -0.05) is 6.07 Å². The fourth-order valence-corrected chi connectivity index (χ4v) is 3.71. The van der Waals surface area contributed by atoms with Crippen LogP contribution in [0.4, 0.5) is 17.6 Å². The van der Waals surface area contributed by atoms with Crippen molar-refractivity contribution < 1.29 is 22.4 Å². The third kappa shape index (κ3) is 3.20. The van der Waals surface area contributed by atoms with Gasteiger partial charge in [0, 0.05) is 17.2 Å². The van der Waals surface area contributed by atoms with Gasteiger partial charge in [-0.05, 0) is 63.8 Å². The molecule has 140 valence electrons. The van der Waals surface area contributed by atoms with Crippen molar-refractivity contribution in [3.63, 3.8) is 0 Å². The number of carbonyl (C=O) groups excluding carboxylic acids is 1. The van der Waals surface area contributed by atoms with E-state index in [0.717, 1.165) is 27.6 Å². The van der Waals surface area contributed by atoms with Gasteiger partial charge < -0.3 is 4.90 Å². The van der Waals surface area contributed by atoms with Crippen LogP contribution in [-0.4, -0.2) is 33.1 Å². The molecule has 4 rings (SSSR count). The van der Waals surface area contributed by atoms with E-state index in [-0.39, 0.29) is 29.8 Å². The number of halogens is 5. The fourth-order valence-electron chi connectivity index (χ4n) is 3.38. The summed E-state index contributed by atoms with van der Waals surface area (Å²) in [6.07, 6.45) is -2.93. The molecule has 3 aromatic rings. The van der Waals surface area contributed by atoms with Gasteiger partial charge in [-0.3, -0.25) is 4.79 Å². The lowest BCUT2D eigenvalue weighted by Crippen LogP contribution is -2.46. The van der Waals surface area contributed by atoms with E-state index < -0.39 is 23.9 Å². The Kier molecular flexibility index (Phi) is 4.21. The Balaban J connectivity index is 1.76. The zero-order valence-electron chi connectivity index (χ0n) is 13.7. The molecule has 0 saturated heterocycles. The van der Waals surface area contributed by atoms with Crippen molar-refractivity contribution in [3.05, 3.63) is 69.7 Å². The number of rotatable bonds is 1. The first-order valence-corrected chi connectivity index (χ1v) is 8.84. The summed E-state index contributed by atoms with van der Waals surface area (Å²) in [5.74, 6) is -1.41. The monoisotopic (exact) mass is 441 g/mol. The molecule has 0 N–H and O–H groups in total. The van der Waals surface area contributed by atoms with Crippen LogP contribution in [0, 0.1) is 5.82 Å². The second kappa shape index (κ2) is 6.33. The van der Waals surface area contributed by atoms with Gasteiger partial charge in [0.05, 0.1) is 5.52 Å². The molecule has 1 atom stereocenters. The van der Waals surface area contributed by atoms with Crippen LogP contribution in [0.2, 0.25) is 0 Å². The van der Waals surface area contributed by atoms with Crippen LogP contribution >= 0.6 is 15.9 Å². The highest BCUT2D eigenvalue weighted by Gasteiger charge is 2.49. The van der Waals surface area contributed by atoms with Gasteiger partial charge in [0.2, 0.25) is 0 Å². The van der Waals surface area contributed by atoms with Crippen LogP contribution in [0.1, 0.15) is 27.7 Å². The molecule has 0 saturated carbocycles. The maximum Gasteiger partial charge on any atom is 0.413 e. The number of carbonyl (C=O) groups is 1. The third-order valence-corrected chi connectivity index (χ3v) is 5.02. The van der Waals surface area contributed by atoms with Crippen LogP contribution in [0.3, 0.4) is 0 Å². The Bertz CT molecular complexity index is 1050. The van der Waals surface area contributed by atoms with Crippen LogP contribution < -0.4 is 0 Å². The lowest BCUT2D eigenvalue weighted by Gasteiger charge is -2.37. The van der Waals surface area contributed by atoms with E-state index in [1.165, 1.54) is 10.6 Å². The summed E-state index contributed by atoms with van der Waals surface area (Å²) in [5, 5.41) is 4.10. The first-order valence-electron chi connectivity index (χ1n) is 8.05. The van der Waals surface area contributed by atoms with Gasteiger partial charge in [0.25, 0.3) is 5.91 Å². The van der Waals surface area contributed by atoms with Crippen molar-refractivity contribution in [2.24, 2.45) is 0 Å². The van der Waals surface area contributed by atoms with E-state index in [1.807, 2.05) is 0 Å². The van der Waals surface area contributed by atoms with E-state index >= 15 is 0 Å². The predicted octanol–water partition coefficient (Wildman–Crippen LogP) is 4.54. The van der Waals surface area contributed by atoms with Gasteiger partial charge in [-0.15, -0.1) is 0 Å². The number of hydrogen-bond donors (Lipinski definition) is 0. The summed E-state index contributed by atoms with van der Waals surface area (Å²) in [6.45, 7) is -0.170. The zero-order chi connectivity index (χ0) is 19.3. The topological polar surface area (TPSA) is 37.6 Å². The van der Waals surface area contributed by atoms with Crippen LogP contribution in [-0.2, 0) is 6.42 Å². The number of aromatic nitrogens is 2. The fraction of sp³-hybridized carbons (Fsp3) is 0.222. The molecule has 0 radical (unpaired) electrons. The molecule has 4 nitrogen and oxygen atoms in total. The van der Waals surface area contributed by atoms with Gasteiger partial charge in [0.1, 0.15) is 5.82 Å². The first kappa shape index (κ1) is 18.0. The molecule has 1 unspecified atom stereocenters. The number of nitrogens with zero attached hydrogens (tertiary/aromatic N) is 3. The van der Waals surface area contributed by atoms with Crippen molar-refractivity contribution in [2.75, 3.05) is 6.54 Å². The van der Waals surface area contributed by atoms with E-state index in [1.54, 1.807) is 18.3 Å². The van der Waals surface area contributed by atoms with Crippen molar-refractivity contribution in [3.8, 4) is 0 Å². The molecule has 27 heavy (non-hydrogen) atoms. The van der Waals surface area contributed by atoms with Gasteiger partial charge in [-0.25, -0.2) is 8.91 Å². The highest BCUT2D eigenvalue weighted by molar-refractivity contribution is 9.10. The minimum absolute atomic E-state index is 0.0760. The Labute approximate surface area is 159 Å². The Morgan fingerprint density at radius 3 is 2.70 bits per heavy atom. The summed E-state index contributed by atoms with van der Waals surface area (Å²) >= 11 is 3.28. The van der Waals surface area contributed by atoms with E-state index in [4.69, 9.17) is 0 Å². The van der Waals surface area contributed by atoms with Crippen molar-refractivity contribution >= 4 is 27.4 Å².